The molecule has 0 atom stereocenters. The molecule has 1 aromatic carbocycles. The van der Waals surface area contributed by atoms with E-state index < -0.39 is 0 Å². The lowest BCUT2D eigenvalue weighted by Crippen LogP contribution is -2.16. The van der Waals surface area contributed by atoms with Crippen LogP contribution in [0.3, 0.4) is 0 Å². The third kappa shape index (κ3) is 3.97. The lowest BCUT2D eigenvalue weighted by molar-refractivity contribution is 0.102. The smallest absolute Gasteiger partial charge is 0.191 e. The predicted octanol–water partition coefficient (Wildman–Crippen LogP) is 4.99. The molecule has 1 aliphatic carbocycles. The van der Waals surface area contributed by atoms with Crippen LogP contribution in [0, 0.1) is 27.7 Å². The molecule has 1 aliphatic rings. The van der Waals surface area contributed by atoms with E-state index in [1.165, 1.54) is 55.0 Å². The molecule has 1 fully saturated rings. The topological polar surface area (TPSA) is 47.8 Å². The molecular formula is C20H27N3OS. The van der Waals surface area contributed by atoms with Crippen molar-refractivity contribution >= 4 is 17.5 Å². The number of hydrogen-bond donors (Lipinski definition) is 0. The summed E-state index contributed by atoms with van der Waals surface area (Å²) in [5, 5.41) is 9.49. The Morgan fingerprint density at radius 2 is 1.72 bits per heavy atom. The molecule has 0 saturated heterocycles. The maximum Gasteiger partial charge on any atom is 0.191 e. The summed E-state index contributed by atoms with van der Waals surface area (Å²) in [5.41, 5.74) is 4.28. The second-order valence-corrected chi connectivity index (χ2v) is 8.10. The second-order valence-electron chi connectivity index (χ2n) is 7.15. The van der Waals surface area contributed by atoms with E-state index in [4.69, 9.17) is 0 Å². The van der Waals surface area contributed by atoms with Gasteiger partial charge in [0.1, 0.15) is 5.82 Å². The van der Waals surface area contributed by atoms with Crippen LogP contribution >= 0.6 is 11.8 Å². The maximum absolute atomic E-state index is 12.7. The fourth-order valence-corrected chi connectivity index (χ4v) is 4.61. The molecule has 25 heavy (non-hydrogen) atoms. The van der Waals surface area contributed by atoms with Crippen LogP contribution in [-0.4, -0.2) is 26.3 Å². The Hall–Kier alpha value is -1.62. The van der Waals surface area contributed by atoms with Gasteiger partial charge >= 0.3 is 0 Å². The monoisotopic (exact) mass is 357 g/mol. The fraction of sp³-hybridized carbons (Fsp3) is 0.550. The van der Waals surface area contributed by atoms with Gasteiger partial charge in [0.25, 0.3) is 0 Å². The zero-order chi connectivity index (χ0) is 18.0. The molecule has 134 valence electrons. The molecule has 0 aliphatic heterocycles. The van der Waals surface area contributed by atoms with Gasteiger partial charge in [0.15, 0.2) is 10.9 Å². The predicted molar refractivity (Wildman–Crippen MR) is 103 cm³/mol. The molecule has 0 unspecified atom stereocenters. The van der Waals surface area contributed by atoms with Gasteiger partial charge in [0.2, 0.25) is 0 Å². The molecule has 0 N–H and O–H groups in total. The van der Waals surface area contributed by atoms with E-state index in [0.717, 1.165) is 22.1 Å². The highest BCUT2D eigenvalue weighted by molar-refractivity contribution is 7.99. The molecule has 4 nitrogen and oxygen atoms in total. The Bertz CT molecular complexity index is 775. The summed E-state index contributed by atoms with van der Waals surface area (Å²) < 4.78 is 2.25. The lowest BCUT2D eigenvalue weighted by atomic mass is 9.95. The Morgan fingerprint density at radius 1 is 1.04 bits per heavy atom. The van der Waals surface area contributed by atoms with Gasteiger partial charge < -0.3 is 4.57 Å². The van der Waals surface area contributed by atoms with Crippen LogP contribution in [0.2, 0.25) is 0 Å². The molecule has 0 bridgehead atoms. The highest BCUT2D eigenvalue weighted by atomic mass is 32.2. The van der Waals surface area contributed by atoms with Gasteiger partial charge in [-0.2, -0.15) is 0 Å². The van der Waals surface area contributed by atoms with Crippen molar-refractivity contribution in [2.45, 2.75) is 71.0 Å². The van der Waals surface area contributed by atoms with Gasteiger partial charge in [-0.05, 0) is 63.3 Å². The van der Waals surface area contributed by atoms with Gasteiger partial charge in [-0.1, -0.05) is 37.1 Å². The van der Waals surface area contributed by atoms with Crippen LogP contribution < -0.4 is 0 Å². The number of benzene rings is 1. The zero-order valence-corrected chi connectivity index (χ0v) is 16.4. The average Bonchev–Trinajstić information content (AvgIpc) is 2.97. The number of nitrogens with zero attached hydrogens (tertiary/aromatic N) is 3. The standard InChI is InChI=1S/C20H27N3OS/c1-13-10-15(3)18(11-14(13)2)19(24)12-25-20-22-21-16(4)23(20)17-8-6-5-7-9-17/h10-11,17H,5-9,12H2,1-4H3. The Balaban J connectivity index is 1.74. The maximum atomic E-state index is 12.7. The first kappa shape index (κ1) is 18.2. The van der Waals surface area contributed by atoms with E-state index in [1.54, 1.807) is 0 Å². The number of Topliss-reactive ketones (excluding diaryl/α,β-unsaturated/α-hetero) is 1. The summed E-state index contributed by atoms with van der Waals surface area (Å²) in [7, 11) is 0. The van der Waals surface area contributed by atoms with E-state index in [9.17, 15) is 4.79 Å². The van der Waals surface area contributed by atoms with Crippen molar-refractivity contribution < 1.29 is 4.79 Å². The van der Waals surface area contributed by atoms with Crippen molar-refractivity contribution in [3.63, 3.8) is 0 Å². The normalized spacial score (nSPS) is 15.5. The van der Waals surface area contributed by atoms with E-state index in [0.29, 0.717) is 11.8 Å². The zero-order valence-electron chi connectivity index (χ0n) is 15.6. The minimum absolute atomic E-state index is 0.168. The van der Waals surface area contributed by atoms with Crippen molar-refractivity contribution in [1.82, 2.24) is 14.8 Å². The van der Waals surface area contributed by atoms with Crippen LogP contribution in [0.15, 0.2) is 17.3 Å². The number of rotatable bonds is 5. The third-order valence-electron chi connectivity index (χ3n) is 5.25. The summed E-state index contributed by atoms with van der Waals surface area (Å²) >= 11 is 1.52. The highest BCUT2D eigenvalue weighted by Gasteiger charge is 2.22. The second kappa shape index (κ2) is 7.73. The van der Waals surface area contributed by atoms with Crippen LogP contribution in [0.4, 0.5) is 0 Å². The van der Waals surface area contributed by atoms with Gasteiger partial charge in [0.05, 0.1) is 5.75 Å². The summed E-state index contributed by atoms with van der Waals surface area (Å²) in [4.78, 5) is 12.7. The first-order valence-electron chi connectivity index (χ1n) is 9.12. The molecule has 1 saturated carbocycles. The number of carbonyl (C=O) groups excluding carboxylic acids is 1. The Labute approximate surface area is 154 Å². The lowest BCUT2D eigenvalue weighted by Gasteiger charge is -2.24. The number of aryl methyl sites for hydroxylation is 4. The third-order valence-corrected chi connectivity index (χ3v) is 6.19. The first-order valence-corrected chi connectivity index (χ1v) is 10.1. The van der Waals surface area contributed by atoms with E-state index in [2.05, 4.69) is 34.7 Å². The van der Waals surface area contributed by atoms with Crippen LogP contribution in [0.25, 0.3) is 0 Å². The van der Waals surface area contributed by atoms with Gasteiger partial charge in [-0.15, -0.1) is 10.2 Å². The number of carbonyl (C=O) groups is 1. The summed E-state index contributed by atoms with van der Waals surface area (Å²) in [6.07, 6.45) is 6.25. The molecule has 5 heteroatoms. The molecule has 3 rings (SSSR count). The molecule has 1 heterocycles. The minimum Gasteiger partial charge on any atom is -0.303 e. The van der Waals surface area contributed by atoms with Gasteiger partial charge in [0, 0.05) is 11.6 Å². The van der Waals surface area contributed by atoms with Crippen molar-refractivity contribution in [3.05, 3.63) is 40.2 Å². The summed E-state index contributed by atoms with van der Waals surface area (Å²) in [6.45, 7) is 8.17. The summed E-state index contributed by atoms with van der Waals surface area (Å²) in [6, 6.07) is 4.61. The SMILES string of the molecule is Cc1cc(C)c(C(=O)CSc2nnc(C)n2C2CCCCC2)cc1C. The van der Waals surface area contributed by atoms with Crippen molar-refractivity contribution in [2.75, 3.05) is 5.75 Å². The van der Waals surface area contributed by atoms with Crippen LogP contribution in [0.1, 0.15) is 71.0 Å². The number of aromatic nitrogens is 3. The first-order chi connectivity index (χ1) is 12.0. The van der Waals surface area contributed by atoms with Crippen LogP contribution in [0.5, 0.6) is 0 Å². The van der Waals surface area contributed by atoms with E-state index in [1.807, 2.05) is 19.9 Å². The summed E-state index contributed by atoms with van der Waals surface area (Å²) in [5.74, 6) is 1.54. The quantitative estimate of drug-likeness (QED) is 0.558. The molecule has 2 aromatic rings. The molecule has 1 aromatic heterocycles. The largest absolute Gasteiger partial charge is 0.303 e. The fourth-order valence-electron chi connectivity index (χ4n) is 3.68. The number of thioether (sulfide) groups is 1. The Morgan fingerprint density at radius 3 is 2.44 bits per heavy atom. The van der Waals surface area contributed by atoms with E-state index in [-0.39, 0.29) is 5.78 Å². The molecule has 0 radical (unpaired) electrons. The van der Waals surface area contributed by atoms with Crippen molar-refractivity contribution in [2.24, 2.45) is 0 Å². The number of hydrogen-bond acceptors (Lipinski definition) is 4. The highest BCUT2D eigenvalue weighted by Crippen LogP contribution is 2.32. The molecule has 0 amide bonds. The van der Waals surface area contributed by atoms with Crippen LogP contribution in [-0.2, 0) is 0 Å². The molecular weight excluding hydrogens is 330 g/mol. The Kier molecular flexibility index (Phi) is 5.62. The average molecular weight is 358 g/mol. The van der Waals surface area contributed by atoms with Gasteiger partial charge in [-0.25, -0.2) is 0 Å². The molecule has 0 spiro atoms. The minimum atomic E-state index is 0.168. The van der Waals surface area contributed by atoms with Gasteiger partial charge in [-0.3, -0.25) is 4.79 Å². The van der Waals surface area contributed by atoms with Crippen molar-refractivity contribution in [3.8, 4) is 0 Å². The number of ketones is 1. The van der Waals surface area contributed by atoms with Crippen molar-refractivity contribution in [1.29, 1.82) is 0 Å². The van der Waals surface area contributed by atoms with E-state index >= 15 is 0 Å².